The van der Waals surface area contributed by atoms with E-state index in [1.807, 2.05) is 50.2 Å². The molecule has 0 spiro atoms. The van der Waals surface area contributed by atoms with Gasteiger partial charge in [-0.25, -0.2) is 0 Å². The predicted octanol–water partition coefficient (Wildman–Crippen LogP) is 4.46. The summed E-state index contributed by atoms with van der Waals surface area (Å²) >= 11 is 6.14. The Morgan fingerprint density at radius 1 is 1.10 bits per heavy atom. The van der Waals surface area contributed by atoms with Crippen LogP contribution in [0.5, 0.6) is 11.5 Å². The number of rotatable bonds is 4. The van der Waals surface area contributed by atoms with Gasteiger partial charge < -0.3 is 9.47 Å². The summed E-state index contributed by atoms with van der Waals surface area (Å²) in [5.41, 5.74) is 2.79. The maximum Gasteiger partial charge on any atom is 0.309 e. The van der Waals surface area contributed by atoms with Crippen molar-refractivity contribution in [3.05, 3.63) is 58.1 Å². The first-order valence-electron chi connectivity index (χ1n) is 6.60. The van der Waals surface area contributed by atoms with E-state index in [1.54, 1.807) is 0 Å². The first kappa shape index (κ1) is 15.4. The molecular formula is C17H17ClO3. The van der Waals surface area contributed by atoms with E-state index in [9.17, 15) is 4.79 Å². The molecule has 0 unspecified atom stereocenters. The van der Waals surface area contributed by atoms with Gasteiger partial charge in [0.2, 0.25) is 0 Å². The van der Waals surface area contributed by atoms with Gasteiger partial charge in [0.1, 0.15) is 11.5 Å². The van der Waals surface area contributed by atoms with Crippen LogP contribution in [0.25, 0.3) is 0 Å². The molecule has 0 aliphatic rings. The number of ether oxygens (including phenoxy) is 2. The smallest absolute Gasteiger partial charge is 0.309 e. The molecule has 0 radical (unpaired) electrons. The van der Waals surface area contributed by atoms with Crippen LogP contribution in [0.2, 0.25) is 5.02 Å². The summed E-state index contributed by atoms with van der Waals surface area (Å²) in [5, 5.41) is 0.752. The Morgan fingerprint density at radius 2 is 1.76 bits per heavy atom. The Balaban J connectivity index is 2.20. The minimum atomic E-state index is -0.273. The van der Waals surface area contributed by atoms with Gasteiger partial charge in [0, 0.05) is 5.02 Å². The summed E-state index contributed by atoms with van der Waals surface area (Å²) in [5.74, 6) is 1.13. The molecule has 0 saturated carbocycles. The lowest BCUT2D eigenvalue weighted by atomic mass is 10.1. The number of methoxy groups -OCH3 is 1. The predicted molar refractivity (Wildman–Crippen MR) is 83.2 cm³/mol. The van der Waals surface area contributed by atoms with Crippen LogP contribution >= 0.6 is 11.6 Å². The molecule has 2 aromatic carbocycles. The van der Waals surface area contributed by atoms with Crippen molar-refractivity contribution in [2.24, 2.45) is 0 Å². The maximum absolute atomic E-state index is 11.3. The Kier molecular flexibility index (Phi) is 4.86. The summed E-state index contributed by atoms with van der Waals surface area (Å²) < 4.78 is 10.5. The quantitative estimate of drug-likeness (QED) is 0.782. The molecule has 0 heterocycles. The number of hydrogen-bond donors (Lipinski definition) is 0. The highest BCUT2D eigenvalue weighted by Gasteiger charge is 2.07. The molecule has 4 heteroatoms. The van der Waals surface area contributed by atoms with Crippen molar-refractivity contribution in [1.29, 1.82) is 0 Å². The van der Waals surface area contributed by atoms with Crippen molar-refractivity contribution < 1.29 is 14.3 Å². The van der Waals surface area contributed by atoms with E-state index in [0.29, 0.717) is 5.75 Å². The molecule has 3 nitrogen and oxygen atoms in total. The molecule has 2 aromatic rings. The molecule has 0 aliphatic heterocycles. The van der Waals surface area contributed by atoms with Crippen molar-refractivity contribution in [2.45, 2.75) is 20.3 Å². The summed E-state index contributed by atoms with van der Waals surface area (Å²) in [6.45, 7) is 3.88. The van der Waals surface area contributed by atoms with Crippen molar-refractivity contribution in [3.63, 3.8) is 0 Å². The number of esters is 1. The average Bonchev–Trinajstić information content (AvgIpc) is 2.45. The first-order chi connectivity index (χ1) is 9.99. The Labute approximate surface area is 129 Å². The van der Waals surface area contributed by atoms with Crippen molar-refractivity contribution in [3.8, 4) is 11.5 Å². The van der Waals surface area contributed by atoms with Gasteiger partial charge in [-0.1, -0.05) is 23.7 Å². The first-order valence-corrected chi connectivity index (χ1v) is 6.97. The van der Waals surface area contributed by atoms with Crippen molar-refractivity contribution in [2.75, 3.05) is 7.11 Å². The molecule has 21 heavy (non-hydrogen) atoms. The normalized spacial score (nSPS) is 10.3. The van der Waals surface area contributed by atoms with E-state index < -0.39 is 0 Å². The molecule has 0 saturated heterocycles. The topological polar surface area (TPSA) is 35.5 Å². The van der Waals surface area contributed by atoms with Gasteiger partial charge in [-0.2, -0.15) is 0 Å². The molecule has 0 aliphatic carbocycles. The van der Waals surface area contributed by atoms with Crippen LogP contribution in [0.15, 0.2) is 36.4 Å². The molecule has 2 rings (SSSR count). The van der Waals surface area contributed by atoms with Crippen molar-refractivity contribution >= 4 is 17.6 Å². The highest BCUT2D eigenvalue weighted by molar-refractivity contribution is 6.32. The van der Waals surface area contributed by atoms with E-state index in [2.05, 4.69) is 4.74 Å². The van der Waals surface area contributed by atoms with Gasteiger partial charge in [0.15, 0.2) is 0 Å². The number of benzene rings is 2. The monoisotopic (exact) mass is 304 g/mol. The molecule has 0 fully saturated rings. The van der Waals surface area contributed by atoms with Crippen LogP contribution in [-0.4, -0.2) is 13.1 Å². The summed E-state index contributed by atoms with van der Waals surface area (Å²) in [4.78, 5) is 11.3. The highest BCUT2D eigenvalue weighted by Crippen LogP contribution is 2.29. The summed E-state index contributed by atoms with van der Waals surface area (Å²) in [6, 6.07) is 11.2. The van der Waals surface area contributed by atoms with Gasteiger partial charge in [-0.15, -0.1) is 0 Å². The number of halogens is 1. The molecule has 0 amide bonds. The second-order valence-corrected chi connectivity index (χ2v) is 5.25. The largest absolute Gasteiger partial charge is 0.469 e. The highest BCUT2D eigenvalue weighted by atomic mass is 35.5. The van der Waals surface area contributed by atoms with Crippen LogP contribution in [0.3, 0.4) is 0 Å². The fourth-order valence-electron chi connectivity index (χ4n) is 2.06. The SMILES string of the molecule is COC(=O)Cc1cccc(Oc2cc(C)c(Cl)c(C)c2)c1. The molecule has 110 valence electrons. The lowest BCUT2D eigenvalue weighted by Gasteiger charge is -2.10. The van der Waals surface area contributed by atoms with Crippen LogP contribution in [0, 0.1) is 13.8 Å². The summed E-state index contributed by atoms with van der Waals surface area (Å²) in [7, 11) is 1.38. The zero-order valence-corrected chi connectivity index (χ0v) is 13.0. The summed E-state index contributed by atoms with van der Waals surface area (Å²) in [6.07, 6.45) is 0.229. The van der Waals surface area contributed by atoms with E-state index in [-0.39, 0.29) is 12.4 Å². The van der Waals surface area contributed by atoms with E-state index in [1.165, 1.54) is 7.11 Å². The minimum absolute atomic E-state index is 0.229. The number of carbonyl (C=O) groups is 1. The van der Waals surface area contributed by atoms with Crippen LogP contribution in [0.1, 0.15) is 16.7 Å². The zero-order valence-electron chi connectivity index (χ0n) is 12.3. The number of carbonyl (C=O) groups excluding carboxylic acids is 1. The number of hydrogen-bond acceptors (Lipinski definition) is 3. The maximum atomic E-state index is 11.3. The van der Waals surface area contributed by atoms with Gasteiger partial charge in [-0.3, -0.25) is 4.79 Å². The van der Waals surface area contributed by atoms with E-state index >= 15 is 0 Å². The minimum Gasteiger partial charge on any atom is -0.469 e. The Hall–Kier alpha value is -2.00. The fourth-order valence-corrected chi connectivity index (χ4v) is 2.17. The molecule has 0 bridgehead atoms. The lowest BCUT2D eigenvalue weighted by molar-refractivity contribution is -0.139. The zero-order chi connectivity index (χ0) is 15.4. The molecule has 0 aromatic heterocycles. The van der Waals surface area contributed by atoms with Crippen LogP contribution in [0.4, 0.5) is 0 Å². The second-order valence-electron chi connectivity index (χ2n) is 4.87. The molecule has 0 N–H and O–H groups in total. The lowest BCUT2D eigenvalue weighted by Crippen LogP contribution is -2.04. The van der Waals surface area contributed by atoms with Gasteiger partial charge in [0.25, 0.3) is 0 Å². The van der Waals surface area contributed by atoms with E-state index in [4.69, 9.17) is 16.3 Å². The van der Waals surface area contributed by atoms with Gasteiger partial charge in [0.05, 0.1) is 13.5 Å². The Bertz CT molecular complexity index is 642. The number of aryl methyl sites for hydroxylation is 2. The third-order valence-electron chi connectivity index (χ3n) is 3.12. The third-order valence-corrected chi connectivity index (χ3v) is 3.72. The molecule has 0 atom stereocenters. The second kappa shape index (κ2) is 6.64. The third kappa shape index (κ3) is 3.99. The Morgan fingerprint density at radius 3 is 2.38 bits per heavy atom. The van der Waals surface area contributed by atoms with Crippen LogP contribution < -0.4 is 4.74 Å². The fraction of sp³-hybridized carbons (Fsp3) is 0.235. The molecular weight excluding hydrogens is 288 g/mol. The van der Waals surface area contributed by atoms with Gasteiger partial charge in [-0.05, 0) is 54.8 Å². The van der Waals surface area contributed by atoms with Gasteiger partial charge >= 0.3 is 5.97 Å². The van der Waals surface area contributed by atoms with Crippen molar-refractivity contribution in [1.82, 2.24) is 0 Å². The van der Waals surface area contributed by atoms with Crippen LogP contribution in [-0.2, 0) is 16.0 Å². The standard InChI is InChI=1S/C17H17ClO3/c1-11-7-15(8-12(2)17(11)18)21-14-6-4-5-13(9-14)10-16(19)20-3/h4-9H,10H2,1-3H3. The van der Waals surface area contributed by atoms with E-state index in [0.717, 1.165) is 27.5 Å². The average molecular weight is 305 g/mol.